The molecule has 0 aromatic carbocycles. The van der Waals surface area contributed by atoms with Crippen molar-refractivity contribution in [2.75, 3.05) is 6.61 Å². The molecule has 0 aliphatic heterocycles. The molecular weight excluding hydrogens is 267 g/mol. The molecule has 0 aromatic rings. The van der Waals surface area contributed by atoms with Gasteiger partial charge in [0.25, 0.3) is 0 Å². The van der Waals surface area contributed by atoms with E-state index in [0.29, 0.717) is 25.9 Å². The summed E-state index contributed by atoms with van der Waals surface area (Å²) in [6.07, 6.45) is 9.76. The smallest absolute Gasteiger partial charge is 0.550 e. The van der Waals surface area contributed by atoms with Crippen molar-refractivity contribution in [3.8, 4) is 0 Å². The van der Waals surface area contributed by atoms with Gasteiger partial charge in [0, 0.05) is 12.4 Å². The van der Waals surface area contributed by atoms with Gasteiger partial charge in [-0.3, -0.25) is 4.79 Å². The van der Waals surface area contributed by atoms with Gasteiger partial charge in [-0.05, 0) is 25.7 Å². The van der Waals surface area contributed by atoms with E-state index >= 15 is 0 Å². The van der Waals surface area contributed by atoms with Crippen LogP contribution < -0.4 is 34.7 Å². The Labute approximate surface area is 144 Å². The second-order valence-corrected chi connectivity index (χ2v) is 4.92. The van der Waals surface area contributed by atoms with Crippen LogP contribution in [0.15, 0.2) is 0 Å². The zero-order chi connectivity index (χ0) is 14.3. The number of unbranched alkanes of at least 4 members (excludes halogenated alkanes) is 7. The molecule has 0 aliphatic carbocycles. The van der Waals surface area contributed by atoms with E-state index in [9.17, 15) is 14.7 Å². The largest absolute Gasteiger partial charge is 1.00 e. The molecule has 0 spiro atoms. The molecule has 0 fully saturated rings. The van der Waals surface area contributed by atoms with E-state index in [0.717, 1.165) is 12.8 Å². The Kier molecular flexibility index (Phi) is 18.9. The van der Waals surface area contributed by atoms with Gasteiger partial charge < -0.3 is 14.6 Å². The van der Waals surface area contributed by atoms with Gasteiger partial charge in [-0.25, -0.2) is 0 Å². The van der Waals surface area contributed by atoms with E-state index in [4.69, 9.17) is 4.74 Å². The summed E-state index contributed by atoms with van der Waals surface area (Å²) >= 11 is 0. The SMILES string of the molecule is CCCCCCCCCOC(=O)CCCCC(=O)[O-].[Na+]. The quantitative estimate of drug-likeness (QED) is 0.263. The van der Waals surface area contributed by atoms with Crippen molar-refractivity contribution < 1.29 is 49.0 Å². The summed E-state index contributed by atoms with van der Waals surface area (Å²) in [4.78, 5) is 21.4. The Hall–Kier alpha value is -0.0600. The second-order valence-electron chi connectivity index (χ2n) is 4.92. The molecule has 0 bridgehead atoms. The molecule has 0 atom stereocenters. The van der Waals surface area contributed by atoms with E-state index in [-0.39, 0.29) is 41.9 Å². The molecule has 4 nitrogen and oxygen atoms in total. The maximum atomic E-state index is 11.3. The minimum Gasteiger partial charge on any atom is -0.550 e. The Morgan fingerprint density at radius 3 is 2.00 bits per heavy atom. The molecule has 20 heavy (non-hydrogen) atoms. The zero-order valence-electron chi connectivity index (χ0n) is 13.1. The fourth-order valence-electron chi connectivity index (χ4n) is 1.86. The first-order chi connectivity index (χ1) is 9.16. The van der Waals surface area contributed by atoms with Crippen molar-refractivity contribution in [1.82, 2.24) is 0 Å². The van der Waals surface area contributed by atoms with Gasteiger partial charge in [-0.2, -0.15) is 0 Å². The second kappa shape index (κ2) is 17.0. The molecule has 0 saturated heterocycles. The topological polar surface area (TPSA) is 66.4 Å². The van der Waals surface area contributed by atoms with E-state index in [2.05, 4.69) is 6.92 Å². The zero-order valence-corrected chi connectivity index (χ0v) is 15.1. The van der Waals surface area contributed by atoms with Crippen molar-refractivity contribution in [3.05, 3.63) is 0 Å². The maximum absolute atomic E-state index is 11.3. The predicted molar refractivity (Wildman–Crippen MR) is 72.4 cm³/mol. The van der Waals surface area contributed by atoms with Gasteiger partial charge in [0.05, 0.1) is 6.61 Å². The minimum atomic E-state index is -1.06. The number of ether oxygens (including phenoxy) is 1. The van der Waals surface area contributed by atoms with Crippen LogP contribution in [-0.4, -0.2) is 18.5 Å². The standard InChI is InChI=1S/C15H28O4.Na/c1-2-3-4-5-6-7-10-13-19-15(18)12-9-8-11-14(16)17;/h2-13H2,1H3,(H,16,17);/q;+1/p-1. The van der Waals surface area contributed by atoms with Crippen molar-refractivity contribution >= 4 is 11.9 Å². The molecule has 0 saturated carbocycles. The number of carbonyl (C=O) groups excluding carboxylic acids is 2. The van der Waals surface area contributed by atoms with Crippen molar-refractivity contribution in [3.63, 3.8) is 0 Å². The predicted octanol–water partition coefficient (Wildman–Crippen LogP) is -0.405. The molecule has 112 valence electrons. The Morgan fingerprint density at radius 1 is 0.850 bits per heavy atom. The van der Waals surface area contributed by atoms with Crippen LogP contribution in [0.2, 0.25) is 0 Å². The first kappa shape index (κ1) is 22.2. The number of rotatable bonds is 13. The van der Waals surface area contributed by atoms with Crippen LogP contribution in [0.1, 0.15) is 77.6 Å². The average Bonchev–Trinajstić information content (AvgIpc) is 2.37. The molecule has 5 heteroatoms. The summed E-state index contributed by atoms with van der Waals surface area (Å²) in [5.74, 6) is -1.28. The van der Waals surface area contributed by atoms with E-state index < -0.39 is 5.97 Å². The summed E-state index contributed by atoms with van der Waals surface area (Å²) in [5.41, 5.74) is 0. The molecule has 0 rings (SSSR count). The van der Waals surface area contributed by atoms with Gasteiger partial charge in [0.1, 0.15) is 0 Å². The monoisotopic (exact) mass is 294 g/mol. The summed E-state index contributed by atoms with van der Waals surface area (Å²) in [6.45, 7) is 2.69. The van der Waals surface area contributed by atoms with Crippen molar-refractivity contribution in [2.24, 2.45) is 0 Å². The number of aliphatic carboxylic acids is 1. The molecule has 0 aromatic heterocycles. The molecule has 0 amide bonds. The van der Waals surface area contributed by atoms with Gasteiger partial charge in [-0.15, -0.1) is 0 Å². The third kappa shape index (κ3) is 17.9. The van der Waals surface area contributed by atoms with E-state index in [1.54, 1.807) is 0 Å². The van der Waals surface area contributed by atoms with Gasteiger partial charge >= 0.3 is 35.5 Å². The van der Waals surface area contributed by atoms with Crippen LogP contribution in [0.5, 0.6) is 0 Å². The third-order valence-electron chi connectivity index (χ3n) is 3.02. The number of carboxylic acids is 1. The van der Waals surface area contributed by atoms with Gasteiger partial charge in [0.15, 0.2) is 0 Å². The molecule has 0 radical (unpaired) electrons. The van der Waals surface area contributed by atoms with Crippen LogP contribution in [0.25, 0.3) is 0 Å². The van der Waals surface area contributed by atoms with Crippen molar-refractivity contribution in [2.45, 2.75) is 77.6 Å². The molecule has 0 heterocycles. The maximum Gasteiger partial charge on any atom is 1.00 e. The van der Waals surface area contributed by atoms with Gasteiger partial charge in [0.2, 0.25) is 0 Å². The number of hydrogen-bond acceptors (Lipinski definition) is 4. The Morgan fingerprint density at radius 2 is 1.40 bits per heavy atom. The van der Waals surface area contributed by atoms with Crippen LogP contribution in [0, 0.1) is 0 Å². The van der Waals surface area contributed by atoms with Crippen molar-refractivity contribution in [1.29, 1.82) is 0 Å². The molecular formula is C15H27NaO4. The molecule has 0 unspecified atom stereocenters. The first-order valence-corrected chi connectivity index (χ1v) is 7.52. The number of esters is 1. The molecule has 0 N–H and O–H groups in total. The number of carbonyl (C=O) groups is 2. The Balaban J connectivity index is 0. The number of hydrogen-bond donors (Lipinski definition) is 0. The fraction of sp³-hybridized carbons (Fsp3) is 0.867. The van der Waals surface area contributed by atoms with Crippen LogP contribution in [-0.2, 0) is 14.3 Å². The fourth-order valence-corrected chi connectivity index (χ4v) is 1.86. The van der Waals surface area contributed by atoms with Crippen LogP contribution in [0.3, 0.4) is 0 Å². The summed E-state index contributed by atoms with van der Waals surface area (Å²) < 4.78 is 5.07. The van der Waals surface area contributed by atoms with Gasteiger partial charge in [-0.1, -0.05) is 45.4 Å². The van der Waals surface area contributed by atoms with Crippen LogP contribution >= 0.6 is 0 Å². The summed E-state index contributed by atoms with van der Waals surface area (Å²) in [5, 5.41) is 10.2. The normalized spacial score (nSPS) is 9.85. The third-order valence-corrected chi connectivity index (χ3v) is 3.02. The summed E-state index contributed by atoms with van der Waals surface area (Å²) in [7, 11) is 0. The number of carboxylic acid groups (broad SMARTS) is 1. The average molecular weight is 294 g/mol. The molecule has 0 aliphatic rings. The Bertz CT molecular complexity index is 244. The van der Waals surface area contributed by atoms with E-state index in [1.165, 1.54) is 32.1 Å². The van der Waals surface area contributed by atoms with E-state index in [1.807, 2.05) is 0 Å². The summed E-state index contributed by atoms with van der Waals surface area (Å²) in [6, 6.07) is 0. The minimum absolute atomic E-state index is 0. The first-order valence-electron chi connectivity index (χ1n) is 7.52. The van der Waals surface area contributed by atoms with Crippen LogP contribution in [0.4, 0.5) is 0 Å².